The molecule has 1 saturated heterocycles. The van der Waals surface area contributed by atoms with Crippen molar-refractivity contribution in [2.75, 3.05) is 37.1 Å². The van der Waals surface area contributed by atoms with Crippen molar-refractivity contribution in [1.82, 2.24) is 9.97 Å². The summed E-state index contributed by atoms with van der Waals surface area (Å²) in [6.07, 6.45) is 2.88. The Labute approximate surface area is 120 Å². The molecule has 1 fully saturated rings. The number of nitrogens with two attached hydrogens (primary N) is 1. The van der Waals surface area contributed by atoms with Gasteiger partial charge < -0.3 is 14.7 Å². The van der Waals surface area contributed by atoms with Gasteiger partial charge in [-0.05, 0) is 15.9 Å². The average molecular weight is 332 g/mol. The molecule has 0 bridgehead atoms. The Balaban J connectivity index is 2.12. The smallest absolute Gasteiger partial charge is 0.239 e. The molecule has 2 rings (SSSR count). The van der Waals surface area contributed by atoms with Crippen LogP contribution >= 0.6 is 15.9 Å². The van der Waals surface area contributed by atoms with E-state index in [1.54, 1.807) is 6.20 Å². The van der Waals surface area contributed by atoms with Crippen molar-refractivity contribution in [2.45, 2.75) is 18.4 Å². The minimum absolute atomic E-state index is 0.337. The minimum atomic E-state index is -0.742. The van der Waals surface area contributed by atoms with Crippen LogP contribution in [-0.4, -0.2) is 47.5 Å². The van der Waals surface area contributed by atoms with Gasteiger partial charge in [0, 0.05) is 45.8 Å². The molecule has 0 saturated carbocycles. The summed E-state index contributed by atoms with van der Waals surface area (Å²) in [7, 11) is 1.88. The van der Waals surface area contributed by atoms with Gasteiger partial charge in [-0.1, -0.05) is 0 Å². The molecule has 2 heterocycles. The largest absolute Gasteiger partial charge is 0.388 e. The second-order valence-electron chi connectivity index (χ2n) is 4.70. The highest BCUT2D eigenvalue weighted by Gasteiger charge is 2.31. The van der Waals surface area contributed by atoms with Gasteiger partial charge in [0.1, 0.15) is 5.82 Å². The Kier molecular flexibility index (Phi) is 4.56. The summed E-state index contributed by atoms with van der Waals surface area (Å²) in [6.45, 7) is 1.66. The van der Waals surface area contributed by atoms with E-state index in [-0.39, 0.29) is 0 Å². The number of halogens is 1. The summed E-state index contributed by atoms with van der Waals surface area (Å²) >= 11 is 3.40. The molecule has 0 amide bonds. The lowest BCUT2D eigenvalue weighted by molar-refractivity contribution is -0.0573. The van der Waals surface area contributed by atoms with E-state index in [0.717, 1.165) is 4.47 Å². The number of aliphatic hydroxyl groups is 1. The third-order valence-corrected chi connectivity index (χ3v) is 3.73. The summed E-state index contributed by atoms with van der Waals surface area (Å²) < 4.78 is 6.03. The van der Waals surface area contributed by atoms with Crippen molar-refractivity contribution < 1.29 is 9.84 Å². The van der Waals surface area contributed by atoms with E-state index in [9.17, 15) is 5.11 Å². The molecular weight excluding hydrogens is 314 g/mol. The lowest BCUT2D eigenvalue weighted by Crippen LogP contribution is -2.46. The summed E-state index contributed by atoms with van der Waals surface area (Å²) in [4.78, 5) is 10.2. The van der Waals surface area contributed by atoms with Gasteiger partial charge in [-0.2, -0.15) is 4.98 Å². The number of likely N-dealkylation sites (N-methyl/N-ethyl adjacent to an activating group) is 1. The van der Waals surface area contributed by atoms with Crippen molar-refractivity contribution in [2.24, 2.45) is 5.84 Å². The van der Waals surface area contributed by atoms with Crippen molar-refractivity contribution in [3.8, 4) is 0 Å². The predicted molar refractivity (Wildman–Crippen MR) is 75.8 cm³/mol. The molecule has 4 N–H and O–H groups in total. The average Bonchev–Trinajstić information content (AvgIpc) is 2.39. The van der Waals surface area contributed by atoms with Crippen LogP contribution in [-0.2, 0) is 4.74 Å². The number of hydrazine groups is 1. The first-order valence-corrected chi connectivity index (χ1v) is 6.84. The van der Waals surface area contributed by atoms with Gasteiger partial charge in [0.05, 0.1) is 10.1 Å². The van der Waals surface area contributed by atoms with Crippen LogP contribution in [0, 0.1) is 0 Å². The third kappa shape index (κ3) is 3.53. The Morgan fingerprint density at radius 2 is 2.26 bits per heavy atom. The maximum atomic E-state index is 10.5. The number of ether oxygens (including phenoxy) is 1. The van der Waals surface area contributed by atoms with E-state index >= 15 is 0 Å². The number of hydrogen-bond acceptors (Lipinski definition) is 7. The molecule has 0 aliphatic carbocycles. The number of nitrogens with one attached hydrogen (secondary N) is 1. The normalized spacial score (nSPS) is 18.1. The number of nitrogens with zero attached hydrogens (tertiary/aromatic N) is 3. The fourth-order valence-electron chi connectivity index (χ4n) is 2.12. The Morgan fingerprint density at radius 1 is 1.58 bits per heavy atom. The van der Waals surface area contributed by atoms with Gasteiger partial charge >= 0.3 is 0 Å². The van der Waals surface area contributed by atoms with Gasteiger partial charge in [0.2, 0.25) is 5.95 Å². The van der Waals surface area contributed by atoms with Crippen LogP contribution in [0.3, 0.4) is 0 Å². The molecule has 0 unspecified atom stereocenters. The van der Waals surface area contributed by atoms with Gasteiger partial charge in [-0.15, -0.1) is 0 Å². The topological polar surface area (TPSA) is 96.5 Å². The lowest BCUT2D eigenvalue weighted by atomic mass is 9.94. The number of anilines is 2. The third-order valence-electron chi connectivity index (χ3n) is 3.17. The van der Waals surface area contributed by atoms with Crippen molar-refractivity contribution in [3.63, 3.8) is 0 Å². The maximum Gasteiger partial charge on any atom is 0.239 e. The molecule has 0 radical (unpaired) electrons. The zero-order valence-corrected chi connectivity index (χ0v) is 12.4. The van der Waals surface area contributed by atoms with E-state index in [4.69, 9.17) is 10.6 Å². The second kappa shape index (κ2) is 6.00. The van der Waals surface area contributed by atoms with Crippen LogP contribution in [0.1, 0.15) is 12.8 Å². The molecule has 0 aromatic carbocycles. The standard InChI is InChI=1S/C11H18BrN5O2/c1-17(7-11(18)2-4-19-5-3-11)9-8(12)6-14-10(15-9)16-13/h6,18H,2-5,7,13H2,1H3,(H,14,15,16). The molecule has 19 heavy (non-hydrogen) atoms. The molecule has 106 valence electrons. The fraction of sp³-hybridized carbons (Fsp3) is 0.636. The first kappa shape index (κ1) is 14.4. The Morgan fingerprint density at radius 3 is 2.89 bits per heavy atom. The quantitative estimate of drug-likeness (QED) is 0.546. The summed E-state index contributed by atoms with van der Waals surface area (Å²) in [6, 6.07) is 0. The first-order chi connectivity index (χ1) is 9.04. The van der Waals surface area contributed by atoms with Crippen LogP contribution in [0.25, 0.3) is 0 Å². The van der Waals surface area contributed by atoms with Crippen molar-refractivity contribution in [1.29, 1.82) is 0 Å². The number of hydrogen-bond donors (Lipinski definition) is 3. The van der Waals surface area contributed by atoms with Gasteiger partial charge in [0.25, 0.3) is 0 Å². The van der Waals surface area contributed by atoms with E-state index < -0.39 is 5.60 Å². The van der Waals surface area contributed by atoms with E-state index in [1.807, 2.05) is 11.9 Å². The predicted octanol–water partition coefficient (Wildman–Crippen LogP) is 0.502. The number of aromatic nitrogens is 2. The number of nitrogen functional groups attached to an aromatic ring is 1. The number of rotatable bonds is 4. The summed E-state index contributed by atoms with van der Waals surface area (Å²) in [5.41, 5.74) is 1.67. The van der Waals surface area contributed by atoms with Gasteiger partial charge in [0.15, 0.2) is 0 Å². The second-order valence-corrected chi connectivity index (χ2v) is 5.56. The lowest BCUT2D eigenvalue weighted by Gasteiger charge is -2.36. The SMILES string of the molecule is CN(CC1(O)CCOCC1)c1nc(NN)ncc1Br. The monoisotopic (exact) mass is 331 g/mol. The zero-order chi connectivity index (χ0) is 13.9. The Bertz CT molecular complexity index is 439. The molecule has 1 aromatic rings. The van der Waals surface area contributed by atoms with E-state index in [2.05, 4.69) is 31.3 Å². The molecule has 0 atom stereocenters. The molecule has 7 nitrogen and oxygen atoms in total. The molecule has 1 aliphatic rings. The van der Waals surface area contributed by atoms with E-state index in [0.29, 0.717) is 44.4 Å². The first-order valence-electron chi connectivity index (χ1n) is 6.04. The van der Waals surface area contributed by atoms with Gasteiger partial charge in [-0.25, -0.2) is 10.8 Å². The van der Waals surface area contributed by atoms with Crippen LogP contribution < -0.4 is 16.2 Å². The van der Waals surface area contributed by atoms with Crippen molar-refractivity contribution >= 4 is 27.7 Å². The Hall–Kier alpha value is -0.960. The van der Waals surface area contributed by atoms with Crippen molar-refractivity contribution in [3.05, 3.63) is 10.7 Å². The van der Waals surface area contributed by atoms with Crippen LogP contribution in [0.2, 0.25) is 0 Å². The maximum absolute atomic E-state index is 10.5. The van der Waals surface area contributed by atoms with Crippen LogP contribution in [0.5, 0.6) is 0 Å². The highest BCUT2D eigenvalue weighted by Crippen LogP contribution is 2.27. The zero-order valence-electron chi connectivity index (χ0n) is 10.8. The van der Waals surface area contributed by atoms with Crippen LogP contribution in [0.4, 0.5) is 11.8 Å². The van der Waals surface area contributed by atoms with Crippen LogP contribution in [0.15, 0.2) is 10.7 Å². The summed E-state index contributed by atoms with van der Waals surface area (Å²) in [5.74, 6) is 6.32. The highest BCUT2D eigenvalue weighted by molar-refractivity contribution is 9.10. The van der Waals surface area contributed by atoms with E-state index in [1.165, 1.54) is 0 Å². The summed E-state index contributed by atoms with van der Waals surface area (Å²) in [5, 5.41) is 10.5. The molecule has 1 aromatic heterocycles. The minimum Gasteiger partial charge on any atom is -0.388 e. The highest BCUT2D eigenvalue weighted by atomic mass is 79.9. The fourth-order valence-corrected chi connectivity index (χ4v) is 2.61. The molecule has 0 spiro atoms. The molecule has 8 heteroatoms. The molecule has 1 aliphatic heterocycles. The van der Waals surface area contributed by atoms with Gasteiger partial charge in [-0.3, -0.25) is 5.43 Å². The molecular formula is C11H18BrN5O2.